The second-order valence-corrected chi connectivity index (χ2v) is 6.87. The van der Waals surface area contributed by atoms with E-state index in [1.165, 1.54) is 25.7 Å². The molecule has 7 heteroatoms. The van der Waals surface area contributed by atoms with E-state index in [0.717, 1.165) is 22.3 Å². The summed E-state index contributed by atoms with van der Waals surface area (Å²) in [6.07, 6.45) is 4.92. The van der Waals surface area contributed by atoms with E-state index in [1.807, 2.05) is 12.1 Å². The number of non-ortho nitro benzene ring substituents is 1. The largest absolute Gasteiger partial charge is 0.303 e. The third-order valence-corrected chi connectivity index (χ3v) is 5.07. The van der Waals surface area contributed by atoms with E-state index in [-0.39, 0.29) is 10.6 Å². The van der Waals surface area contributed by atoms with Crippen molar-refractivity contribution in [2.45, 2.75) is 48.6 Å². The van der Waals surface area contributed by atoms with Crippen LogP contribution in [-0.4, -0.2) is 19.7 Å². The molecule has 22 heavy (non-hydrogen) atoms. The van der Waals surface area contributed by atoms with Gasteiger partial charge in [-0.05, 0) is 31.2 Å². The Morgan fingerprint density at radius 3 is 2.50 bits per heavy atom. The van der Waals surface area contributed by atoms with Gasteiger partial charge in [-0.3, -0.25) is 10.1 Å². The van der Waals surface area contributed by atoms with Crippen molar-refractivity contribution in [1.82, 2.24) is 14.8 Å². The topological polar surface area (TPSA) is 73.8 Å². The zero-order valence-electron chi connectivity index (χ0n) is 12.0. The number of nitrogens with zero attached hydrogens (tertiary/aromatic N) is 4. The fraction of sp³-hybridized carbons (Fsp3) is 0.467. The summed E-state index contributed by atoms with van der Waals surface area (Å²) in [6, 6.07) is 7.31. The van der Waals surface area contributed by atoms with Gasteiger partial charge in [0.05, 0.1) is 4.92 Å². The smallest absolute Gasteiger partial charge is 0.269 e. The summed E-state index contributed by atoms with van der Waals surface area (Å²) in [5.41, 5.74) is 1.19. The summed E-state index contributed by atoms with van der Waals surface area (Å²) in [4.78, 5) is 10.3. The number of thioether (sulfide) groups is 1. The Kier molecular flexibility index (Phi) is 3.37. The number of benzene rings is 1. The van der Waals surface area contributed by atoms with Gasteiger partial charge in [-0.2, -0.15) is 0 Å². The Morgan fingerprint density at radius 2 is 1.91 bits per heavy atom. The molecule has 0 radical (unpaired) electrons. The van der Waals surface area contributed by atoms with E-state index in [2.05, 4.69) is 14.8 Å². The minimum atomic E-state index is -0.372. The molecule has 6 nitrogen and oxygen atoms in total. The highest BCUT2D eigenvalue weighted by molar-refractivity contribution is 7.98. The Morgan fingerprint density at radius 1 is 1.18 bits per heavy atom. The van der Waals surface area contributed by atoms with Gasteiger partial charge in [-0.1, -0.05) is 23.9 Å². The van der Waals surface area contributed by atoms with Crippen LogP contribution in [0.5, 0.6) is 0 Å². The van der Waals surface area contributed by atoms with E-state index < -0.39 is 0 Å². The summed E-state index contributed by atoms with van der Waals surface area (Å²) < 4.78 is 2.33. The predicted octanol–water partition coefficient (Wildman–Crippen LogP) is 3.69. The van der Waals surface area contributed by atoms with Crippen molar-refractivity contribution in [2.75, 3.05) is 0 Å². The van der Waals surface area contributed by atoms with Crippen LogP contribution in [0, 0.1) is 10.1 Å². The van der Waals surface area contributed by atoms with E-state index in [0.29, 0.717) is 12.0 Å². The van der Waals surface area contributed by atoms with Crippen LogP contribution in [0.25, 0.3) is 0 Å². The third-order valence-electron chi connectivity index (χ3n) is 4.06. The van der Waals surface area contributed by atoms with E-state index in [1.54, 1.807) is 23.9 Å². The Hall–Kier alpha value is -1.89. The van der Waals surface area contributed by atoms with Gasteiger partial charge in [-0.15, -0.1) is 10.2 Å². The highest BCUT2D eigenvalue weighted by Crippen LogP contribution is 2.46. The Labute approximate surface area is 132 Å². The van der Waals surface area contributed by atoms with E-state index >= 15 is 0 Å². The van der Waals surface area contributed by atoms with Crippen molar-refractivity contribution in [2.24, 2.45) is 0 Å². The van der Waals surface area contributed by atoms with Gasteiger partial charge >= 0.3 is 0 Å². The first kappa shape index (κ1) is 13.8. The van der Waals surface area contributed by atoms with Gasteiger partial charge in [-0.25, -0.2) is 0 Å². The van der Waals surface area contributed by atoms with Crippen LogP contribution >= 0.6 is 11.8 Å². The number of rotatable bonds is 6. The molecular formula is C15H16N4O2S. The SMILES string of the molecule is O=[N+]([O-])c1ccc(CSc2nnc(C3CC3)n2C2CC2)cc1. The first-order chi connectivity index (χ1) is 10.7. The van der Waals surface area contributed by atoms with Crippen molar-refractivity contribution in [1.29, 1.82) is 0 Å². The van der Waals surface area contributed by atoms with Gasteiger partial charge in [0.25, 0.3) is 5.69 Å². The molecular weight excluding hydrogens is 300 g/mol. The summed E-state index contributed by atoms with van der Waals surface area (Å²) in [5.74, 6) is 2.53. The van der Waals surface area contributed by atoms with E-state index in [9.17, 15) is 10.1 Å². The van der Waals surface area contributed by atoms with Crippen LogP contribution in [-0.2, 0) is 5.75 Å². The number of aromatic nitrogens is 3. The van der Waals surface area contributed by atoms with Crippen LogP contribution in [0.15, 0.2) is 29.4 Å². The summed E-state index contributed by atoms with van der Waals surface area (Å²) in [5, 5.41) is 20.4. The lowest BCUT2D eigenvalue weighted by Gasteiger charge is -2.08. The maximum Gasteiger partial charge on any atom is 0.269 e. The molecule has 0 unspecified atom stereocenters. The molecule has 0 atom stereocenters. The second-order valence-electron chi connectivity index (χ2n) is 5.93. The average molecular weight is 316 g/mol. The first-order valence-corrected chi connectivity index (χ1v) is 8.52. The molecule has 114 valence electrons. The number of hydrogen-bond acceptors (Lipinski definition) is 5. The highest BCUT2D eigenvalue weighted by Gasteiger charge is 2.36. The van der Waals surface area contributed by atoms with Crippen LogP contribution in [0.4, 0.5) is 5.69 Å². The van der Waals surface area contributed by atoms with Crippen molar-refractivity contribution in [3.63, 3.8) is 0 Å². The first-order valence-electron chi connectivity index (χ1n) is 7.53. The maximum absolute atomic E-state index is 10.7. The van der Waals surface area contributed by atoms with Crippen molar-refractivity contribution in [3.05, 3.63) is 45.8 Å². The third kappa shape index (κ3) is 2.72. The molecule has 1 aromatic heterocycles. The Bertz CT molecular complexity index is 705. The summed E-state index contributed by atoms with van der Waals surface area (Å²) in [7, 11) is 0. The molecule has 1 aromatic carbocycles. The average Bonchev–Trinajstić information content (AvgIpc) is 3.44. The van der Waals surface area contributed by atoms with Gasteiger partial charge in [0, 0.05) is 29.8 Å². The molecule has 4 rings (SSSR count). The monoisotopic (exact) mass is 316 g/mol. The lowest BCUT2D eigenvalue weighted by atomic mass is 10.2. The lowest BCUT2D eigenvalue weighted by Crippen LogP contribution is -2.01. The minimum Gasteiger partial charge on any atom is -0.303 e. The molecule has 0 aliphatic heterocycles. The van der Waals surface area contributed by atoms with Gasteiger partial charge in [0.1, 0.15) is 5.82 Å². The van der Waals surface area contributed by atoms with Crippen molar-refractivity contribution < 1.29 is 4.92 Å². The van der Waals surface area contributed by atoms with Crippen molar-refractivity contribution in [3.8, 4) is 0 Å². The molecule has 2 saturated carbocycles. The molecule has 0 amide bonds. The molecule has 0 N–H and O–H groups in total. The molecule has 2 aliphatic carbocycles. The molecule has 2 aliphatic rings. The predicted molar refractivity (Wildman–Crippen MR) is 82.9 cm³/mol. The van der Waals surface area contributed by atoms with Crippen molar-refractivity contribution >= 4 is 17.4 Å². The molecule has 2 aromatic rings. The molecule has 1 heterocycles. The van der Waals surface area contributed by atoms with Crippen LogP contribution < -0.4 is 0 Å². The zero-order valence-corrected chi connectivity index (χ0v) is 12.8. The van der Waals surface area contributed by atoms with E-state index in [4.69, 9.17) is 0 Å². The Balaban J connectivity index is 1.48. The normalized spacial score (nSPS) is 17.6. The zero-order chi connectivity index (χ0) is 15.1. The van der Waals surface area contributed by atoms with Gasteiger partial charge in [0.2, 0.25) is 0 Å². The number of hydrogen-bond donors (Lipinski definition) is 0. The standard InChI is InChI=1S/C15H16N4O2S/c20-19(21)13-5-1-10(2-6-13)9-22-15-17-16-14(11-3-4-11)18(15)12-7-8-12/h1-2,5-6,11-12H,3-4,7-9H2. The van der Waals surface area contributed by atoms with Crippen LogP contribution in [0.1, 0.15) is 49.0 Å². The highest BCUT2D eigenvalue weighted by atomic mass is 32.2. The number of nitro groups is 1. The van der Waals surface area contributed by atoms with Crippen LogP contribution in [0.2, 0.25) is 0 Å². The molecule has 0 saturated heterocycles. The molecule has 0 bridgehead atoms. The summed E-state index contributed by atoms with van der Waals surface area (Å²) >= 11 is 1.67. The second kappa shape index (κ2) is 5.39. The number of nitro benzene ring substituents is 1. The van der Waals surface area contributed by atoms with Crippen LogP contribution in [0.3, 0.4) is 0 Å². The summed E-state index contributed by atoms with van der Waals surface area (Å²) in [6.45, 7) is 0. The fourth-order valence-electron chi connectivity index (χ4n) is 2.54. The van der Waals surface area contributed by atoms with Gasteiger partial charge in [0.15, 0.2) is 5.16 Å². The fourth-order valence-corrected chi connectivity index (χ4v) is 3.51. The minimum absolute atomic E-state index is 0.130. The molecule has 2 fully saturated rings. The lowest BCUT2D eigenvalue weighted by molar-refractivity contribution is -0.384. The van der Waals surface area contributed by atoms with Gasteiger partial charge < -0.3 is 4.57 Å². The molecule has 0 spiro atoms. The maximum atomic E-state index is 10.7. The quantitative estimate of drug-likeness (QED) is 0.461.